The zero-order chi connectivity index (χ0) is 16.6. The monoisotopic (exact) mass is 343 g/mol. The molecular formula is C21H17N3S. The van der Waals surface area contributed by atoms with E-state index in [9.17, 15) is 0 Å². The number of fused-ring (bicyclic) bond motifs is 2. The highest BCUT2D eigenvalue weighted by Crippen LogP contribution is 2.33. The molecule has 25 heavy (non-hydrogen) atoms. The predicted molar refractivity (Wildman–Crippen MR) is 104 cm³/mol. The Morgan fingerprint density at radius 1 is 0.880 bits per heavy atom. The molecule has 0 spiro atoms. The van der Waals surface area contributed by atoms with Crippen molar-refractivity contribution < 1.29 is 0 Å². The maximum absolute atomic E-state index is 4.64. The van der Waals surface area contributed by atoms with Gasteiger partial charge in [-0.15, -0.1) is 11.3 Å². The van der Waals surface area contributed by atoms with Gasteiger partial charge in [0.1, 0.15) is 0 Å². The van der Waals surface area contributed by atoms with Crippen LogP contribution in [0.4, 0.5) is 5.95 Å². The van der Waals surface area contributed by atoms with Crippen LogP contribution in [0.3, 0.4) is 0 Å². The SMILES string of the molecule is c1ccc2c(c1)CCN(c1ncc(-c3cc4ccccc4s3)cn1)C2. The Morgan fingerprint density at radius 2 is 1.64 bits per heavy atom. The second-order valence-electron chi connectivity index (χ2n) is 6.36. The van der Waals surface area contributed by atoms with Crippen molar-refractivity contribution in [2.45, 2.75) is 13.0 Å². The van der Waals surface area contributed by atoms with Crippen molar-refractivity contribution in [1.29, 1.82) is 0 Å². The minimum atomic E-state index is 0.819. The van der Waals surface area contributed by atoms with Crippen molar-refractivity contribution in [3.8, 4) is 10.4 Å². The van der Waals surface area contributed by atoms with Crippen LogP contribution in [0.15, 0.2) is 67.0 Å². The van der Waals surface area contributed by atoms with Gasteiger partial charge >= 0.3 is 0 Å². The standard InChI is InChI=1S/C21H17N3S/c1-2-7-17-14-24(10-9-15(17)5-1)21-22-12-18(13-23-21)20-11-16-6-3-4-8-19(16)25-20/h1-8,11-13H,9-10,14H2. The molecule has 0 amide bonds. The molecule has 0 atom stereocenters. The number of hydrogen-bond acceptors (Lipinski definition) is 4. The average molecular weight is 343 g/mol. The first-order valence-electron chi connectivity index (χ1n) is 8.49. The minimum absolute atomic E-state index is 0.819. The molecule has 0 N–H and O–H groups in total. The smallest absolute Gasteiger partial charge is 0.225 e. The summed E-state index contributed by atoms with van der Waals surface area (Å²) in [5.41, 5.74) is 3.91. The lowest BCUT2D eigenvalue weighted by Gasteiger charge is -2.28. The number of benzene rings is 2. The van der Waals surface area contributed by atoms with Gasteiger partial charge in [-0.05, 0) is 35.1 Å². The molecule has 3 nitrogen and oxygen atoms in total. The highest BCUT2D eigenvalue weighted by atomic mass is 32.1. The molecule has 0 bridgehead atoms. The Bertz CT molecular complexity index is 1000. The average Bonchev–Trinajstić information content (AvgIpc) is 3.12. The zero-order valence-corrected chi connectivity index (χ0v) is 14.5. The van der Waals surface area contributed by atoms with Gasteiger partial charge in [-0.25, -0.2) is 9.97 Å². The molecule has 0 aliphatic carbocycles. The van der Waals surface area contributed by atoms with E-state index in [0.29, 0.717) is 0 Å². The summed E-state index contributed by atoms with van der Waals surface area (Å²) < 4.78 is 1.30. The van der Waals surface area contributed by atoms with Crippen molar-refractivity contribution in [3.63, 3.8) is 0 Å². The topological polar surface area (TPSA) is 29.0 Å². The van der Waals surface area contributed by atoms with E-state index in [1.54, 1.807) is 11.3 Å². The van der Waals surface area contributed by atoms with E-state index in [4.69, 9.17) is 0 Å². The van der Waals surface area contributed by atoms with E-state index in [2.05, 4.69) is 69.5 Å². The Labute approximate surface area is 150 Å². The van der Waals surface area contributed by atoms with Crippen LogP contribution in [0.2, 0.25) is 0 Å². The van der Waals surface area contributed by atoms with Crippen LogP contribution in [0.25, 0.3) is 20.5 Å². The lowest BCUT2D eigenvalue weighted by Crippen LogP contribution is -2.31. The molecule has 0 unspecified atom stereocenters. The van der Waals surface area contributed by atoms with Gasteiger partial charge < -0.3 is 4.90 Å². The third kappa shape index (κ3) is 2.68. The summed E-state index contributed by atoms with van der Waals surface area (Å²) in [5.74, 6) is 0.819. The lowest BCUT2D eigenvalue weighted by molar-refractivity contribution is 0.708. The zero-order valence-electron chi connectivity index (χ0n) is 13.7. The van der Waals surface area contributed by atoms with Gasteiger partial charge in [0.05, 0.1) is 0 Å². The van der Waals surface area contributed by atoms with Gasteiger partial charge in [0.25, 0.3) is 0 Å². The molecule has 4 aromatic rings. The predicted octanol–water partition coefficient (Wildman–Crippen LogP) is 4.92. The second kappa shape index (κ2) is 5.97. The fourth-order valence-corrected chi connectivity index (χ4v) is 4.44. The molecular weight excluding hydrogens is 326 g/mol. The van der Waals surface area contributed by atoms with Crippen LogP contribution in [0.5, 0.6) is 0 Å². The highest BCUT2D eigenvalue weighted by molar-refractivity contribution is 7.22. The number of rotatable bonds is 2. The normalized spacial score (nSPS) is 13.8. The number of anilines is 1. The van der Waals surface area contributed by atoms with Gasteiger partial charge in [-0.1, -0.05) is 42.5 Å². The first-order chi connectivity index (χ1) is 12.4. The van der Waals surface area contributed by atoms with Gasteiger partial charge in [0, 0.05) is 40.6 Å². The highest BCUT2D eigenvalue weighted by Gasteiger charge is 2.18. The molecule has 122 valence electrons. The Morgan fingerprint density at radius 3 is 2.48 bits per heavy atom. The van der Waals surface area contributed by atoms with Gasteiger partial charge in [0.2, 0.25) is 5.95 Å². The molecule has 1 aliphatic rings. The number of hydrogen-bond donors (Lipinski definition) is 0. The van der Waals surface area contributed by atoms with Crippen molar-refractivity contribution in [3.05, 3.63) is 78.1 Å². The number of thiophene rings is 1. The molecule has 0 fully saturated rings. The van der Waals surface area contributed by atoms with Crippen LogP contribution in [0, 0.1) is 0 Å². The first kappa shape index (κ1) is 14.6. The Hall–Kier alpha value is -2.72. The maximum Gasteiger partial charge on any atom is 0.225 e. The second-order valence-corrected chi connectivity index (χ2v) is 7.44. The third-order valence-electron chi connectivity index (χ3n) is 4.76. The van der Waals surface area contributed by atoms with Crippen molar-refractivity contribution in [2.75, 3.05) is 11.4 Å². The van der Waals surface area contributed by atoms with Gasteiger partial charge in [-0.2, -0.15) is 0 Å². The van der Waals surface area contributed by atoms with E-state index in [1.165, 1.54) is 26.1 Å². The van der Waals surface area contributed by atoms with Crippen LogP contribution < -0.4 is 4.90 Å². The van der Waals surface area contributed by atoms with Crippen molar-refractivity contribution >= 4 is 27.4 Å². The Kier molecular flexibility index (Phi) is 3.49. The van der Waals surface area contributed by atoms with E-state index >= 15 is 0 Å². The third-order valence-corrected chi connectivity index (χ3v) is 5.93. The fraction of sp³-hybridized carbons (Fsp3) is 0.143. The molecule has 0 radical (unpaired) electrons. The molecule has 0 saturated heterocycles. The van der Waals surface area contributed by atoms with Gasteiger partial charge in [0.15, 0.2) is 0 Å². The van der Waals surface area contributed by atoms with Crippen LogP contribution in [-0.4, -0.2) is 16.5 Å². The van der Waals surface area contributed by atoms with Crippen LogP contribution >= 0.6 is 11.3 Å². The molecule has 0 saturated carbocycles. The van der Waals surface area contributed by atoms with Crippen LogP contribution in [-0.2, 0) is 13.0 Å². The fourth-order valence-electron chi connectivity index (χ4n) is 3.40. The first-order valence-corrected chi connectivity index (χ1v) is 9.31. The largest absolute Gasteiger partial charge is 0.336 e. The summed E-state index contributed by atoms with van der Waals surface area (Å²) in [6.07, 6.45) is 4.96. The lowest BCUT2D eigenvalue weighted by atomic mass is 10.0. The van der Waals surface area contributed by atoms with E-state index in [1.807, 2.05) is 12.4 Å². The number of nitrogens with zero attached hydrogens (tertiary/aromatic N) is 3. The molecule has 3 heterocycles. The quantitative estimate of drug-likeness (QED) is 0.517. The summed E-state index contributed by atoms with van der Waals surface area (Å²) in [6.45, 7) is 1.86. The van der Waals surface area contributed by atoms with Crippen molar-refractivity contribution in [2.24, 2.45) is 0 Å². The maximum atomic E-state index is 4.64. The van der Waals surface area contributed by atoms with E-state index < -0.39 is 0 Å². The molecule has 2 aromatic carbocycles. The summed E-state index contributed by atoms with van der Waals surface area (Å²) >= 11 is 1.79. The van der Waals surface area contributed by atoms with E-state index in [-0.39, 0.29) is 0 Å². The molecule has 4 heteroatoms. The Balaban J connectivity index is 1.42. The molecule has 5 rings (SSSR count). The summed E-state index contributed by atoms with van der Waals surface area (Å²) in [4.78, 5) is 12.8. The summed E-state index contributed by atoms with van der Waals surface area (Å²) in [5, 5.41) is 1.28. The van der Waals surface area contributed by atoms with Crippen molar-refractivity contribution in [1.82, 2.24) is 9.97 Å². The minimum Gasteiger partial charge on any atom is -0.336 e. The van der Waals surface area contributed by atoms with Gasteiger partial charge in [-0.3, -0.25) is 0 Å². The summed E-state index contributed by atoms with van der Waals surface area (Å²) in [7, 11) is 0. The van der Waals surface area contributed by atoms with E-state index in [0.717, 1.165) is 31.0 Å². The molecule has 2 aromatic heterocycles. The number of aromatic nitrogens is 2. The summed E-state index contributed by atoms with van der Waals surface area (Å²) in [6, 6.07) is 19.3. The molecule has 1 aliphatic heterocycles. The van der Waals surface area contributed by atoms with Crippen LogP contribution in [0.1, 0.15) is 11.1 Å².